The van der Waals surface area contributed by atoms with Crippen LogP contribution in [-0.2, 0) is 6.18 Å². The average Bonchev–Trinajstić information content (AvgIpc) is 2.93. The Hall–Kier alpha value is -2.68. The topological polar surface area (TPSA) is 73.3 Å². The second kappa shape index (κ2) is 6.49. The van der Waals surface area contributed by atoms with E-state index in [0.29, 0.717) is 5.70 Å². The molecule has 0 atom stereocenters. The molecule has 27 heavy (non-hydrogen) atoms. The van der Waals surface area contributed by atoms with Gasteiger partial charge in [-0.05, 0) is 24.3 Å². The zero-order chi connectivity index (χ0) is 18.6. The number of likely N-dealkylation sites (N-methyl/N-ethyl adjacent to an activating group) is 1. The van der Waals surface area contributed by atoms with Gasteiger partial charge in [-0.3, -0.25) is 0 Å². The highest BCUT2D eigenvalue weighted by Crippen LogP contribution is 2.37. The molecule has 0 bridgehead atoms. The lowest BCUT2D eigenvalue weighted by Gasteiger charge is -2.16. The summed E-state index contributed by atoms with van der Waals surface area (Å²) in [7, 11) is 1.78. The molecule has 5 nitrogen and oxygen atoms in total. The third-order valence-corrected chi connectivity index (χ3v) is 4.75. The van der Waals surface area contributed by atoms with Crippen LogP contribution in [0.15, 0.2) is 54.0 Å². The first kappa shape index (κ1) is 19.1. The van der Waals surface area contributed by atoms with Crippen molar-refractivity contribution in [2.45, 2.75) is 6.18 Å². The van der Waals surface area contributed by atoms with Crippen LogP contribution in [0.5, 0.6) is 0 Å². The molecule has 4 N–H and O–H groups in total. The van der Waals surface area contributed by atoms with Gasteiger partial charge in [-0.15, -0.1) is 0 Å². The first-order chi connectivity index (χ1) is 12.3. The number of hydrogen-bond acceptors (Lipinski definition) is 4. The van der Waals surface area contributed by atoms with Crippen molar-refractivity contribution in [3.05, 3.63) is 75.1 Å². The Morgan fingerprint density at radius 3 is 2.52 bits per heavy atom. The summed E-state index contributed by atoms with van der Waals surface area (Å²) in [5.74, 6) is -0.135. The minimum Gasteiger partial charge on any atom is -0.870 e. The van der Waals surface area contributed by atoms with Crippen LogP contribution in [-0.4, -0.2) is 22.5 Å². The van der Waals surface area contributed by atoms with Crippen LogP contribution in [0.1, 0.15) is 5.56 Å². The fourth-order valence-corrected chi connectivity index (χ4v) is 3.46. The summed E-state index contributed by atoms with van der Waals surface area (Å²) < 4.78 is 39.5. The molecule has 0 radical (unpaired) electrons. The number of halogens is 4. The monoisotopic (exact) mass is 397 g/mol. The molecule has 0 spiro atoms. The Labute approximate surface area is 157 Å². The standard InChI is InChI=1S/C18H13ClF3N3O.H2O/c1-24-9-10-4-2-3-5-12(10)15-16(24)17(26)25(23-15)11-6-7-14(19)13(8-11)18(20,21)22;/h2-9,23,26H,1H3;1H2. The SMILES string of the molecule is CN1C=c2ccccc2=C2[NH2+]N(c3ccc(Cl)c(C(F)(F)F)c3)C(O)=C21.[OH-]. The largest absolute Gasteiger partial charge is 0.870 e. The quantitative estimate of drug-likeness (QED) is 0.718. The molecule has 0 aromatic heterocycles. The molecule has 9 heteroatoms. The van der Waals surface area contributed by atoms with Crippen molar-refractivity contribution in [2.24, 2.45) is 0 Å². The number of nitrogens with zero attached hydrogens (tertiary/aromatic N) is 2. The molecule has 142 valence electrons. The highest BCUT2D eigenvalue weighted by molar-refractivity contribution is 6.31. The molecule has 0 saturated carbocycles. The molecule has 0 saturated heterocycles. The summed E-state index contributed by atoms with van der Waals surface area (Å²) in [5.41, 5.74) is 2.15. The van der Waals surface area contributed by atoms with Gasteiger partial charge in [-0.25, -0.2) is 5.43 Å². The van der Waals surface area contributed by atoms with E-state index in [-0.39, 0.29) is 22.1 Å². The summed E-state index contributed by atoms with van der Waals surface area (Å²) in [6.45, 7) is 0. The van der Waals surface area contributed by atoms with Crippen molar-refractivity contribution in [3.63, 3.8) is 0 Å². The number of benzene rings is 2. The lowest BCUT2D eigenvalue weighted by molar-refractivity contribution is -0.568. The maximum Gasteiger partial charge on any atom is 0.417 e. The Bertz CT molecular complexity index is 1070. The van der Waals surface area contributed by atoms with Crippen molar-refractivity contribution >= 4 is 29.2 Å². The average molecular weight is 398 g/mol. The van der Waals surface area contributed by atoms with Crippen molar-refractivity contribution in [1.29, 1.82) is 0 Å². The van der Waals surface area contributed by atoms with Crippen molar-refractivity contribution in [3.8, 4) is 0 Å². The molecule has 2 aliphatic heterocycles. The van der Waals surface area contributed by atoms with Crippen molar-refractivity contribution in [1.82, 2.24) is 4.90 Å². The van der Waals surface area contributed by atoms with Crippen LogP contribution in [0.2, 0.25) is 5.02 Å². The Kier molecular flexibility index (Phi) is 4.59. The summed E-state index contributed by atoms with van der Waals surface area (Å²) >= 11 is 5.69. The van der Waals surface area contributed by atoms with Crippen LogP contribution in [0.3, 0.4) is 0 Å². The van der Waals surface area contributed by atoms with Gasteiger partial charge in [-0.2, -0.15) is 18.2 Å². The lowest BCUT2D eigenvalue weighted by atomic mass is 10.1. The third-order valence-electron chi connectivity index (χ3n) is 4.42. The molecular formula is C18H15ClF3N3O2. The molecule has 2 aliphatic rings. The number of rotatable bonds is 1. The molecule has 2 heterocycles. The van der Waals surface area contributed by atoms with Gasteiger partial charge in [0.2, 0.25) is 0 Å². The Morgan fingerprint density at radius 2 is 1.81 bits per heavy atom. The van der Waals surface area contributed by atoms with Crippen LogP contribution in [0, 0.1) is 0 Å². The van der Waals surface area contributed by atoms with E-state index < -0.39 is 11.7 Å². The highest BCUT2D eigenvalue weighted by atomic mass is 35.5. The molecule has 0 amide bonds. The van der Waals surface area contributed by atoms with Gasteiger partial charge in [0, 0.05) is 23.7 Å². The number of aliphatic hydroxyl groups excluding tert-OH is 1. The van der Waals surface area contributed by atoms with Gasteiger partial charge in [0.25, 0.3) is 5.88 Å². The van der Waals surface area contributed by atoms with E-state index in [1.54, 1.807) is 17.4 Å². The normalized spacial score (nSPS) is 16.0. The molecule has 2 aromatic carbocycles. The zero-order valence-corrected chi connectivity index (χ0v) is 14.8. The number of anilines is 1. The summed E-state index contributed by atoms with van der Waals surface area (Å²) in [4.78, 5) is 1.75. The number of fused-ring (bicyclic) bond motifs is 2. The first-order valence-electron chi connectivity index (χ1n) is 7.76. The smallest absolute Gasteiger partial charge is 0.417 e. The predicted octanol–water partition coefficient (Wildman–Crippen LogP) is 1.70. The first-order valence-corrected chi connectivity index (χ1v) is 8.13. The van der Waals surface area contributed by atoms with Crippen molar-refractivity contribution in [2.75, 3.05) is 12.1 Å². The van der Waals surface area contributed by atoms with Crippen LogP contribution >= 0.6 is 11.6 Å². The number of quaternary nitrogens is 1. The van der Waals surface area contributed by atoms with Gasteiger partial charge in [0.1, 0.15) is 0 Å². The minimum absolute atomic E-state index is 0. The van der Waals surface area contributed by atoms with Crippen LogP contribution in [0.4, 0.5) is 18.9 Å². The second-order valence-corrected chi connectivity index (χ2v) is 6.48. The van der Waals surface area contributed by atoms with Gasteiger partial charge in [0.05, 0.1) is 16.3 Å². The van der Waals surface area contributed by atoms with Gasteiger partial charge < -0.3 is 15.5 Å². The molecule has 0 aliphatic carbocycles. The number of nitrogens with two attached hydrogens (primary N) is 1. The fraction of sp³-hybridized carbons (Fsp3) is 0.111. The number of aliphatic hydroxyl groups is 1. The second-order valence-electron chi connectivity index (χ2n) is 6.07. The predicted molar refractivity (Wildman–Crippen MR) is 93.8 cm³/mol. The van der Waals surface area contributed by atoms with Crippen molar-refractivity contribution < 1.29 is 29.2 Å². The maximum absolute atomic E-state index is 13.2. The molecule has 0 fully saturated rings. The van der Waals surface area contributed by atoms with E-state index in [1.165, 1.54) is 17.1 Å². The molecule has 4 rings (SSSR count). The number of hydrogen-bond donors (Lipinski definition) is 2. The van der Waals surface area contributed by atoms with E-state index in [0.717, 1.165) is 22.2 Å². The van der Waals surface area contributed by atoms with E-state index >= 15 is 0 Å². The molecular weight excluding hydrogens is 383 g/mol. The van der Waals surface area contributed by atoms with E-state index in [1.807, 2.05) is 30.5 Å². The van der Waals surface area contributed by atoms with E-state index in [2.05, 4.69) is 0 Å². The summed E-state index contributed by atoms with van der Waals surface area (Å²) in [6, 6.07) is 11.2. The summed E-state index contributed by atoms with van der Waals surface area (Å²) in [5, 5.41) is 13.5. The zero-order valence-electron chi connectivity index (χ0n) is 14.0. The fourth-order valence-electron chi connectivity index (χ4n) is 3.24. The Balaban J connectivity index is 0.00000210. The number of alkyl halides is 3. The van der Waals surface area contributed by atoms with E-state index in [9.17, 15) is 18.3 Å². The maximum atomic E-state index is 13.2. The van der Waals surface area contributed by atoms with Crippen LogP contribution < -0.4 is 20.9 Å². The highest BCUT2D eigenvalue weighted by Gasteiger charge is 2.39. The van der Waals surface area contributed by atoms with E-state index in [4.69, 9.17) is 11.6 Å². The van der Waals surface area contributed by atoms with Crippen LogP contribution in [0.25, 0.3) is 11.9 Å². The molecule has 2 aromatic rings. The summed E-state index contributed by atoms with van der Waals surface area (Å²) in [6.07, 6.45) is -2.71. The van der Waals surface area contributed by atoms with Gasteiger partial charge in [-0.1, -0.05) is 29.8 Å². The third kappa shape index (κ3) is 3.01. The Morgan fingerprint density at radius 1 is 1.11 bits per heavy atom. The minimum atomic E-state index is -4.58. The lowest BCUT2D eigenvalue weighted by Crippen LogP contribution is -2.90. The molecule has 0 unspecified atom stereocenters. The van der Waals surface area contributed by atoms with Gasteiger partial charge in [0.15, 0.2) is 11.4 Å². The van der Waals surface area contributed by atoms with Gasteiger partial charge >= 0.3 is 6.18 Å².